The Morgan fingerprint density at radius 2 is 2.11 bits per heavy atom. The summed E-state index contributed by atoms with van der Waals surface area (Å²) in [6, 6.07) is 5.55. The molecule has 0 radical (unpaired) electrons. The van der Waals surface area contributed by atoms with Gasteiger partial charge in [0.2, 0.25) is 0 Å². The molecule has 6 heteroatoms. The number of hydrogen-bond donors (Lipinski definition) is 3. The van der Waals surface area contributed by atoms with Gasteiger partial charge in [-0.3, -0.25) is 10.2 Å². The first-order chi connectivity index (χ1) is 8.84. The highest BCUT2D eigenvalue weighted by atomic mass is 16.2. The molecule has 0 saturated carbocycles. The molecule has 1 aromatic heterocycles. The number of nitrogen functional groups attached to an aromatic ring is 1. The van der Waals surface area contributed by atoms with E-state index < -0.39 is 0 Å². The van der Waals surface area contributed by atoms with E-state index in [9.17, 15) is 4.79 Å². The van der Waals surface area contributed by atoms with Gasteiger partial charge >= 0.3 is 0 Å². The fraction of sp³-hybridized carbons (Fsp3) is 0.385. The molecular formula is C13H19N5O. The average molecular weight is 261 g/mol. The number of amides is 1. The van der Waals surface area contributed by atoms with Gasteiger partial charge in [0.25, 0.3) is 5.91 Å². The Labute approximate surface area is 111 Å². The number of imidazole rings is 1. The van der Waals surface area contributed by atoms with Crippen LogP contribution in [0, 0.1) is 0 Å². The lowest BCUT2D eigenvalue weighted by atomic mass is 9.95. The van der Waals surface area contributed by atoms with Crippen LogP contribution in [-0.4, -0.2) is 15.5 Å². The van der Waals surface area contributed by atoms with E-state index in [1.165, 1.54) is 0 Å². The van der Waals surface area contributed by atoms with Gasteiger partial charge in [0, 0.05) is 5.41 Å². The van der Waals surface area contributed by atoms with E-state index in [-0.39, 0.29) is 17.9 Å². The number of hydrogen-bond acceptors (Lipinski definition) is 4. The van der Waals surface area contributed by atoms with Gasteiger partial charge in [-0.05, 0) is 12.1 Å². The predicted octanol–water partition coefficient (Wildman–Crippen LogP) is 0.906. The number of carbonyl (C=O) groups excluding carboxylic acids is 1. The molecule has 5 N–H and O–H groups in total. The van der Waals surface area contributed by atoms with Gasteiger partial charge in [-0.15, -0.1) is 0 Å². The van der Waals surface area contributed by atoms with Crippen molar-refractivity contribution in [3.8, 4) is 0 Å². The van der Waals surface area contributed by atoms with Crippen molar-refractivity contribution in [2.45, 2.75) is 32.7 Å². The van der Waals surface area contributed by atoms with Crippen LogP contribution in [-0.2, 0) is 16.8 Å². The van der Waals surface area contributed by atoms with Crippen LogP contribution in [0.4, 0.5) is 5.69 Å². The van der Waals surface area contributed by atoms with Crippen LogP contribution in [0.3, 0.4) is 0 Å². The molecule has 1 heterocycles. The Bertz CT molecular complexity index is 624. The number of hydrazine groups is 1. The summed E-state index contributed by atoms with van der Waals surface area (Å²) in [6.07, 6.45) is 0. The van der Waals surface area contributed by atoms with Crippen LogP contribution in [0.25, 0.3) is 11.0 Å². The van der Waals surface area contributed by atoms with Crippen LogP contribution < -0.4 is 17.0 Å². The number of benzene rings is 1. The highest BCUT2D eigenvalue weighted by molar-refractivity contribution is 5.89. The number of para-hydroxylation sites is 1. The summed E-state index contributed by atoms with van der Waals surface area (Å²) in [6.45, 7) is 6.26. The van der Waals surface area contributed by atoms with Crippen molar-refractivity contribution in [3.05, 3.63) is 24.0 Å². The number of nitrogens with one attached hydrogen (secondary N) is 1. The van der Waals surface area contributed by atoms with Crippen LogP contribution in [0.1, 0.15) is 26.6 Å². The minimum atomic E-state index is -0.271. The summed E-state index contributed by atoms with van der Waals surface area (Å²) >= 11 is 0. The van der Waals surface area contributed by atoms with Crippen molar-refractivity contribution >= 4 is 22.6 Å². The van der Waals surface area contributed by atoms with Crippen LogP contribution in [0.5, 0.6) is 0 Å². The van der Waals surface area contributed by atoms with Crippen molar-refractivity contribution in [1.29, 1.82) is 0 Å². The minimum absolute atomic E-state index is 0.128. The van der Waals surface area contributed by atoms with E-state index in [4.69, 9.17) is 11.6 Å². The molecule has 102 valence electrons. The van der Waals surface area contributed by atoms with Crippen LogP contribution in [0.15, 0.2) is 18.2 Å². The van der Waals surface area contributed by atoms with E-state index in [1.807, 2.05) is 37.5 Å². The fourth-order valence-electron chi connectivity index (χ4n) is 2.09. The molecule has 0 unspecified atom stereocenters. The second-order valence-electron chi connectivity index (χ2n) is 5.55. The molecule has 19 heavy (non-hydrogen) atoms. The smallest absolute Gasteiger partial charge is 0.253 e. The molecule has 0 spiro atoms. The van der Waals surface area contributed by atoms with Gasteiger partial charge in [-0.2, -0.15) is 0 Å². The second-order valence-corrected chi connectivity index (χ2v) is 5.55. The highest BCUT2D eigenvalue weighted by Gasteiger charge is 2.24. The zero-order valence-electron chi connectivity index (χ0n) is 11.4. The van der Waals surface area contributed by atoms with E-state index >= 15 is 0 Å². The van der Waals surface area contributed by atoms with Crippen molar-refractivity contribution in [1.82, 2.24) is 15.0 Å². The maximum atomic E-state index is 11.6. The first-order valence-corrected chi connectivity index (χ1v) is 6.09. The normalized spacial score (nSPS) is 11.8. The standard InChI is InChI=1S/C13H19N5O/c1-13(2,3)12-16-11-8(14)5-4-6-9(11)18(12)7-10(19)17-15/h4-6H,7,14-15H2,1-3H3,(H,17,19). The number of rotatable bonds is 2. The fourth-order valence-corrected chi connectivity index (χ4v) is 2.09. The zero-order chi connectivity index (χ0) is 14.2. The highest BCUT2D eigenvalue weighted by Crippen LogP contribution is 2.28. The summed E-state index contributed by atoms with van der Waals surface area (Å²) in [5.41, 5.74) is 10.1. The van der Waals surface area contributed by atoms with Crippen LogP contribution in [0.2, 0.25) is 0 Å². The number of nitrogens with two attached hydrogens (primary N) is 2. The van der Waals surface area contributed by atoms with Gasteiger partial charge in [0.15, 0.2) is 0 Å². The summed E-state index contributed by atoms with van der Waals surface area (Å²) in [7, 11) is 0. The lowest BCUT2D eigenvalue weighted by molar-refractivity contribution is -0.121. The Morgan fingerprint density at radius 1 is 1.42 bits per heavy atom. The molecule has 6 nitrogen and oxygen atoms in total. The largest absolute Gasteiger partial charge is 0.397 e. The minimum Gasteiger partial charge on any atom is -0.397 e. The summed E-state index contributed by atoms with van der Waals surface area (Å²) in [5.74, 6) is 5.70. The molecular weight excluding hydrogens is 242 g/mol. The van der Waals surface area contributed by atoms with Gasteiger partial charge < -0.3 is 10.3 Å². The number of carbonyl (C=O) groups is 1. The number of fused-ring (bicyclic) bond motifs is 1. The molecule has 0 aliphatic carbocycles. The van der Waals surface area contributed by atoms with Gasteiger partial charge in [0.1, 0.15) is 17.9 Å². The lowest BCUT2D eigenvalue weighted by Gasteiger charge is -2.19. The Morgan fingerprint density at radius 3 is 2.68 bits per heavy atom. The monoisotopic (exact) mass is 261 g/mol. The van der Waals surface area contributed by atoms with Gasteiger partial charge in [0.05, 0.1) is 11.2 Å². The molecule has 0 atom stereocenters. The van der Waals surface area contributed by atoms with E-state index in [0.29, 0.717) is 5.69 Å². The first kappa shape index (κ1) is 13.4. The SMILES string of the molecule is CC(C)(C)c1nc2c(N)cccc2n1CC(=O)NN. The molecule has 0 aliphatic rings. The first-order valence-electron chi connectivity index (χ1n) is 6.09. The molecule has 0 bridgehead atoms. The second kappa shape index (κ2) is 4.55. The van der Waals surface area contributed by atoms with Crippen molar-refractivity contribution in [3.63, 3.8) is 0 Å². The number of aromatic nitrogens is 2. The zero-order valence-corrected chi connectivity index (χ0v) is 11.4. The molecule has 2 rings (SSSR count). The molecule has 1 amide bonds. The molecule has 1 aromatic carbocycles. The summed E-state index contributed by atoms with van der Waals surface area (Å²) in [5, 5.41) is 0. The van der Waals surface area contributed by atoms with E-state index in [2.05, 4.69) is 10.4 Å². The van der Waals surface area contributed by atoms with Gasteiger partial charge in [-0.25, -0.2) is 10.8 Å². The lowest BCUT2D eigenvalue weighted by Crippen LogP contribution is -2.34. The molecule has 0 saturated heterocycles. The number of nitrogens with zero attached hydrogens (tertiary/aromatic N) is 2. The third-order valence-corrected chi connectivity index (χ3v) is 2.94. The topological polar surface area (TPSA) is 99.0 Å². The molecule has 0 fully saturated rings. The third-order valence-electron chi connectivity index (χ3n) is 2.94. The maximum absolute atomic E-state index is 11.6. The Balaban J connectivity index is 2.69. The van der Waals surface area contributed by atoms with E-state index in [0.717, 1.165) is 16.9 Å². The van der Waals surface area contributed by atoms with Crippen LogP contribution >= 0.6 is 0 Å². The van der Waals surface area contributed by atoms with Crippen molar-refractivity contribution < 1.29 is 4.79 Å². The molecule has 0 aliphatic heterocycles. The third kappa shape index (κ3) is 2.39. The number of anilines is 1. The molecule has 2 aromatic rings. The summed E-state index contributed by atoms with van der Waals surface area (Å²) < 4.78 is 1.86. The quantitative estimate of drug-likeness (QED) is 0.324. The Hall–Kier alpha value is -2.08. The average Bonchev–Trinajstić information content (AvgIpc) is 2.69. The Kier molecular flexibility index (Phi) is 3.20. The van der Waals surface area contributed by atoms with Gasteiger partial charge in [-0.1, -0.05) is 26.8 Å². The van der Waals surface area contributed by atoms with E-state index in [1.54, 1.807) is 6.07 Å². The van der Waals surface area contributed by atoms with Crippen molar-refractivity contribution in [2.75, 3.05) is 5.73 Å². The summed E-state index contributed by atoms with van der Waals surface area (Å²) in [4.78, 5) is 16.2. The predicted molar refractivity (Wildman–Crippen MR) is 75.2 cm³/mol. The van der Waals surface area contributed by atoms with Crippen molar-refractivity contribution in [2.24, 2.45) is 5.84 Å². The maximum Gasteiger partial charge on any atom is 0.253 e.